The Morgan fingerprint density at radius 2 is 1.85 bits per heavy atom. The van der Waals surface area contributed by atoms with Crippen LogP contribution in [0, 0.1) is 0 Å². The van der Waals surface area contributed by atoms with Crippen molar-refractivity contribution in [3.63, 3.8) is 0 Å². The molecule has 5 rings (SSSR count). The third-order valence-corrected chi connectivity index (χ3v) is 4.31. The van der Waals surface area contributed by atoms with Crippen LogP contribution in [0.4, 0.5) is 0 Å². The molecule has 0 unspecified atom stereocenters. The number of nitrogens with zero attached hydrogens (tertiary/aromatic N) is 6. The zero-order valence-corrected chi connectivity index (χ0v) is 13.8. The van der Waals surface area contributed by atoms with E-state index in [9.17, 15) is 0 Å². The second kappa shape index (κ2) is 6.00. The topological polar surface area (TPSA) is 68.9 Å². The summed E-state index contributed by atoms with van der Waals surface area (Å²) in [7, 11) is 0. The van der Waals surface area contributed by atoms with Gasteiger partial charge in [-0.2, -0.15) is 9.61 Å². The highest BCUT2D eigenvalue weighted by Gasteiger charge is 2.10. The molecule has 4 heterocycles. The SMILES string of the molecule is c1cncc(-c2ccc3nnc(Cc4ccc5ncccc5c4)n3n2)c1. The van der Waals surface area contributed by atoms with E-state index in [0.29, 0.717) is 6.42 Å². The normalized spacial score (nSPS) is 11.2. The summed E-state index contributed by atoms with van der Waals surface area (Å²) in [6.07, 6.45) is 6.00. The lowest BCUT2D eigenvalue weighted by atomic mass is 10.1. The first-order chi connectivity index (χ1) is 12.9. The fourth-order valence-electron chi connectivity index (χ4n) is 3.03. The fraction of sp³-hybridized carbons (Fsp3) is 0.0500. The van der Waals surface area contributed by atoms with Gasteiger partial charge in [-0.15, -0.1) is 10.2 Å². The molecule has 0 fully saturated rings. The van der Waals surface area contributed by atoms with E-state index in [1.54, 1.807) is 23.1 Å². The second-order valence-electron chi connectivity index (χ2n) is 6.05. The highest BCUT2D eigenvalue weighted by Crippen LogP contribution is 2.18. The maximum absolute atomic E-state index is 4.70. The fourth-order valence-corrected chi connectivity index (χ4v) is 3.03. The van der Waals surface area contributed by atoms with Crippen LogP contribution >= 0.6 is 0 Å². The van der Waals surface area contributed by atoms with Crippen LogP contribution in [0.3, 0.4) is 0 Å². The van der Waals surface area contributed by atoms with E-state index in [1.165, 1.54) is 0 Å². The third kappa shape index (κ3) is 2.57. The molecule has 0 saturated heterocycles. The molecular formula is C20H14N6. The van der Waals surface area contributed by atoms with Crippen molar-refractivity contribution in [2.45, 2.75) is 6.42 Å². The minimum atomic E-state index is 0.648. The van der Waals surface area contributed by atoms with Crippen LogP contribution < -0.4 is 0 Å². The van der Waals surface area contributed by atoms with Gasteiger partial charge in [-0.3, -0.25) is 9.97 Å². The van der Waals surface area contributed by atoms with Crippen molar-refractivity contribution in [1.82, 2.24) is 29.8 Å². The molecule has 6 heteroatoms. The molecule has 4 aromatic heterocycles. The molecule has 6 nitrogen and oxygen atoms in total. The minimum absolute atomic E-state index is 0.648. The highest BCUT2D eigenvalue weighted by molar-refractivity contribution is 5.79. The predicted molar refractivity (Wildman–Crippen MR) is 98.6 cm³/mol. The van der Waals surface area contributed by atoms with Gasteiger partial charge in [-0.05, 0) is 48.0 Å². The van der Waals surface area contributed by atoms with E-state index in [-0.39, 0.29) is 0 Å². The Kier molecular flexibility index (Phi) is 3.38. The Labute approximate surface area is 149 Å². The molecule has 5 aromatic rings. The number of aromatic nitrogens is 6. The molecule has 1 aromatic carbocycles. The van der Waals surface area contributed by atoms with E-state index in [2.05, 4.69) is 38.4 Å². The summed E-state index contributed by atoms with van der Waals surface area (Å²) < 4.78 is 1.80. The van der Waals surface area contributed by atoms with Crippen molar-refractivity contribution >= 4 is 16.6 Å². The van der Waals surface area contributed by atoms with Crippen LogP contribution in [0.5, 0.6) is 0 Å². The highest BCUT2D eigenvalue weighted by atomic mass is 15.4. The Balaban J connectivity index is 1.55. The first-order valence-corrected chi connectivity index (χ1v) is 8.32. The summed E-state index contributed by atoms with van der Waals surface area (Å²) in [5, 5.41) is 14.4. The lowest BCUT2D eigenvalue weighted by Gasteiger charge is -2.04. The van der Waals surface area contributed by atoms with Gasteiger partial charge in [0.25, 0.3) is 0 Å². The molecule has 26 heavy (non-hydrogen) atoms. The third-order valence-electron chi connectivity index (χ3n) is 4.31. The number of rotatable bonds is 3. The van der Waals surface area contributed by atoms with Crippen molar-refractivity contribution in [3.05, 3.63) is 84.6 Å². The number of hydrogen-bond donors (Lipinski definition) is 0. The van der Waals surface area contributed by atoms with Crippen molar-refractivity contribution in [2.75, 3.05) is 0 Å². The monoisotopic (exact) mass is 338 g/mol. The average Bonchev–Trinajstić information content (AvgIpc) is 3.10. The van der Waals surface area contributed by atoms with Crippen LogP contribution in [0.15, 0.2) is 73.2 Å². The molecule has 0 bridgehead atoms. The summed E-state index contributed by atoms with van der Waals surface area (Å²) in [5.74, 6) is 0.800. The van der Waals surface area contributed by atoms with E-state index < -0.39 is 0 Å². The maximum atomic E-state index is 4.70. The molecule has 0 aliphatic heterocycles. The van der Waals surface area contributed by atoms with Crippen molar-refractivity contribution in [3.8, 4) is 11.3 Å². The molecule has 0 N–H and O–H groups in total. The van der Waals surface area contributed by atoms with Gasteiger partial charge in [0.05, 0.1) is 11.2 Å². The van der Waals surface area contributed by atoms with Crippen LogP contribution in [0.1, 0.15) is 11.4 Å². The summed E-state index contributed by atoms with van der Waals surface area (Å²) in [4.78, 5) is 8.52. The summed E-state index contributed by atoms with van der Waals surface area (Å²) >= 11 is 0. The van der Waals surface area contributed by atoms with E-state index in [4.69, 9.17) is 5.10 Å². The molecule has 0 radical (unpaired) electrons. The van der Waals surface area contributed by atoms with Gasteiger partial charge in [0.2, 0.25) is 0 Å². The molecule has 124 valence electrons. The Hall–Kier alpha value is -3.67. The first-order valence-electron chi connectivity index (χ1n) is 8.32. The Morgan fingerprint density at radius 1 is 0.885 bits per heavy atom. The molecule has 0 aliphatic carbocycles. The maximum Gasteiger partial charge on any atom is 0.177 e. The number of fused-ring (bicyclic) bond motifs is 2. The van der Waals surface area contributed by atoms with E-state index in [1.807, 2.05) is 36.4 Å². The smallest absolute Gasteiger partial charge is 0.177 e. The molecule has 0 amide bonds. The van der Waals surface area contributed by atoms with Crippen molar-refractivity contribution < 1.29 is 0 Å². The van der Waals surface area contributed by atoms with Crippen LogP contribution in [-0.4, -0.2) is 29.8 Å². The van der Waals surface area contributed by atoms with Crippen molar-refractivity contribution in [1.29, 1.82) is 0 Å². The Bertz CT molecular complexity index is 1210. The van der Waals surface area contributed by atoms with Gasteiger partial charge < -0.3 is 0 Å². The zero-order chi connectivity index (χ0) is 17.3. The van der Waals surface area contributed by atoms with Crippen LogP contribution in [-0.2, 0) is 6.42 Å². The van der Waals surface area contributed by atoms with Crippen LogP contribution in [0.2, 0.25) is 0 Å². The summed E-state index contributed by atoms with van der Waals surface area (Å²) in [6.45, 7) is 0. The van der Waals surface area contributed by atoms with Crippen LogP contribution in [0.25, 0.3) is 27.8 Å². The summed E-state index contributed by atoms with van der Waals surface area (Å²) in [6, 6.07) is 18.0. The summed E-state index contributed by atoms with van der Waals surface area (Å²) in [5.41, 5.74) is 4.67. The van der Waals surface area contributed by atoms with E-state index in [0.717, 1.165) is 39.2 Å². The lowest BCUT2D eigenvalue weighted by molar-refractivity contribution is 0.842. The second-order valence-corrected chi connectivity index (χ2v) is 6.05. The minimum Gasteiger partial charge on any atom is -0.264 e. The average molecular weight is 338 g/mol. The van der Waals surface area contributed by atoms with Gasteiger partial charge in [0.1, 0.15) is 0 Å². The standard InChI is InChI=1S/C20H14N6/c1-4-16(13-21-9-1)18-7-8-19-23-24-20(26(19)25-18)12-14-5-6-17-15(11-14)3-2-10-22-17/h1-11,13H,12H2. The van der Waals surface area contributed by atoms with Gasteiger partial charge in [0, 0.05) is 36.0 Å². The van der Waals surface area contributed by atoms with E-state index >= 15 is 0 Å². The van der Waals surface area contributed by atoms with Gasteiger partial charge in [-0.25, -0.2) is 0 Å². The van der Waals surface area contributed by atoms with Gasteiger partial charge in [0.15, 0.2) is 11.5 Å². The Morgan fingerprint density at radius 3 is 2.77 bits per heavy atom. The number of hydrogen-bond acceptors (Lipinski definition) is 5. The largest absolute Gasteiger partial charge is 0.264 e. The van der Waals surface area contributed by atoms with Gasteiger partial charge in [-0.1, -0.05) is 12.1 Å². The molecular weight excluding hydrogens is 324 g/mol. The molecule has 0 saturated carbocycles. The lowest BCUT2D eigenvalue weighted by Crippen LogP contribution is -2.01. The number of pyridine rings is 2. The first kappa shape index (κ1) is 14.7. The van der Waals surface area contributed by atoms with Crippen molar-refractivity contribution in [2.24, 2.45) is 0 Å². The quantitative estimate of drug-likeness (QED) is 0.505. The number of benzene rings is 1. The zero-order valence-electron chi connectivity index (χ0n) is 13.8. The predicted octanol–water partition coefficient (Wildman–Crippen LogP) is 3.33. The molecule has 0 atom stereocenters. The molecule has 0 aliphatic rings. The van der Waals surface area contributed by atoms with Gasteiger partial charge >= 0.3 is 0 Å². The molecule has 0 spiro atoms.